The number of nitrogens with one attached hydrogen (secondary N) is 3. The summed E-state index contributed by atoms with van der Waals surface area (Å²) in [6, 6.07) is 28.0. The summed E-state index contributed by atoms with van der Waals surface area (Å²) < 4.78 is 5.27. The Hall–Kier alpha value is -3.94. The van der Waals surface area contributed by atoms with Crippen molar-refractivity contribution in [3.05, 3.63) is 112 Å². The lowest BCUT2D eigenvalue weighted by Gasteiger charge is -2.18. The van der Waals surface area contributed by atoms with Crippen LogP contribution >= 0.6 is 11.3 Å². The average molecular weight is 472 g/mol. The third-order valence-corrected chi connectivity index (χ3v) is 6.15. The van der Waals surface area contributed by atoms with Gasteiger partial charge in [0.05, 0.1) is 25.4 Å². The molecule has 6 nitrogen and oxygen atoms in total. The third-order valence-electron chi connectivity index (χ3n) is 5.21. The van der Waals surface area contributed by atoms with E-state index in [-0.39, 0.29) is 24.4 Å². The first-order valence-electron chi connectivity index (χ1n) is 10.8. The standard InChI is InChI=1S/C27H25N3O3S/c1-33-23-11-6-5-10-22(23)30-27(32)20-13-15-21(16-14-20)29-25(31)18-28-26(24-12-7-17-34-24)19-8-3-2-4-9-19/h2-17,26,28H,18H2,1H3,(H,29,31)(H,30,32). The first-order chi connectivity index (χ1) is 16.6. The second-order valence-corrected chi connectivity index (χ2v) is 8.50. The number of hydrogen-bond acceptors (Lipinski definition) is 5. The fraction of sp³-hybridized carbons (Fsp3) is 0.111. The smallest absolute Gasteiger partial charge is 0.255 e. The molecule has 0 aliphatic carbocycles. The maximum atomic E-state index is 12.6. The van der Waals surface area contributed by atoms with Gasteiger partial charge in [0.15, 0.2) is 0 Å². The van der Waals surface area contributed by atoms with Crippen LogP contribution in [0.1, 0.15) is 26.8 Å². The highest BCUT2D eigenvalue weighted by Crippen LogP contribution is 2.26. The van der Waals surface area contributed by atoms with Crippen molar-refractivity contribution in [2.75, 3.05) is 24.3 Å². The van der Waals surface area contributed by atoms with Gasteiger partial charge in [-0.25, -0.2) is 0 Å². The minimum atomic E-state index is -0.259. The van der Waals surface area contributed by atoms with Gasteiger partial charge in [-0.1, -0.05) is 48.5 Å². The molecule has 4 rings (SSSR count). The Labute approximate surface area is 202 Å². The lowest BCUT2D eigenvalue weighted by atomic mass is 10.1. The molecule has 34 heavy (non-hydrogen) atoms. The average Bonchev–Trinajstić information content (AvgIpc) is 3.40. The van der Waals surface area contributed by atoms with E-state index in [0.29, 0.717) is 22.7 Å². The van der Waals surface area contributed by atoms with Crippen molar-refractivity contribution in [1.82, 2.24) is 5.32 Å². The fourth-order valence-electron chi connectivity index (χ4n) is 3.53. The summed E-state index contributed by atoms with van der Waals surface area (Å²) in [4.78, 5) is 26.3. The van der Waals surface area contributed by atoms with E-state index in [1.807, 2.05) is 53.9 Å². The molecular formula is C27H25N3O3S. The topological polar surface area (TPSA) is 79.5 Å². The van der Waals surface area contributed by atoms with E-state index in [2.05, 4.69) is 22.0 Å². The molecule has 0 aliphatic rings. The molecule has 1 atom stereocenters. The lowest BCUT2D eigenvalue weighted by Crippen LogP contribution is -2.31. The summed E-state index contributed by atoms with van der Waals surface area (Å²) in [5, 5.41) is 11.1. The zero-order chi connectivity index (χ0) is 23.8. The minimum absolute atomic E-state index is 0.0620. The van der Waals surface area contributed by atoms with Crippen LogP contribution in [0.15, 0.2) is 96.4 Å². The molecular weight excluding hydrogens is 446 g/mol. The number of carbonyl (C=O) groups is 2. The first kappa shape index (κ1) is 23.2. The van der Waals surface area contributed by atoms with Crippen LogP contribution in [0.25, 0.3) is 0 Å². The molecule has 3 N–H and O–H groups in total. The number of ether oxygens (including phenoxy) is 1. The summed E-state index contributed by atoms with van der Waals surface area (Å²) in [6.45, 7) is 0.146. The maximum Gasteiger partial charge on any atom is 0.255 e. The molecule has 0 spiro atoms. The quantitative estimate of drug-likeness (QED) is 0.308. The van der Waals surface area contributed by atoms with E-state index >= 15 is 0 Å². The Morgan fingerprint density at radius 2 is 1.59 bits per heavy atom. The Bertz CT molecular complexity index is 1230. The van der Waals surface area contributed by atoms with Gasteiger partial charge in [0, 0.05) is 16.1 Å². The molecule has 1 unspecified atom stereocenters. The molecule has 0 saturated heterocycles. The second-order valence-electron chi connectivity index (χ2n) is 7.52. The SMILES string of the molecule is COc1ccccc1NC(=O)c1ccc(NC(=O)CNC(c2ccccc2)c2cccs2)cc1. The summed E-state index contributed by atoms with van der Waals surface area (Å²) >= 11 is 1.65. The molecule has 0 bridgehead atoms. The Morgan fingerprint density at radius 3 is 2.29 bits per heavy atom. The zero-order valence-electron chi connectivity index (χ0n) is 18.7. The van der Waals surface area contributed by atoms with Crippen LogP contribution in [0.4, 0.5) is 11.4 Å². The monoisotopic (exact) mass is 471 g/mol. The van der Waals surface area contributed by atoms with Gasteiger partial charge < -0.3 is 15.4 Å². The Kier molecular flexibility index (Phi) is 7.70. The van der Waals surface area contributed by atoms with Gasteiger partial charge in [0.25, 0.3) is 5.91 Å². The maximum absolute atomic E-state index is 12.6. The molecule has 0 radical (unpaired) electrons. The van der Waals surface area contributed by atoms with Gasteiger partial charge in [0.1, 0.15) is 5.75 Å². The van der Waals surface area contributed by atoms with Gasteiger partial charge >= 0.3 is 0 Å². The van der Waals surface area contributed by atoms with E-state index in [1.165, 1.54) is 0 Å². The molecule has 2 amide bonds. The molecule has 1 aromatic heterocycles. The van der Waals surface area contributed by atoms with Crippen molar-refractivity contribution in [1.29, 1.82) is 0 Å². The van der Waals surface area contributed by atoms with Crippen LogP contribution in [0.3, 0.4) is 0 Å². The lowest BCUT2D eigenvalue weighted by molar-refractivity contribution is -0.115. The molecule has 7 heteroatoms. The van der Waals surface area contributed by atoms with Crippen LogP contribution in [0.2, 0.25) is 0 Å². The van der Waals surface area contributed by atoms with Crippen molar-refractivity contribution in [3.8, 4) is 5.75 Å². The fourth-order valence-corrected chi connectivity index (χ4v) is 4.36. The molecule has 0 fully saturated rings. The highest BCUT2D eigenvalue weighted by molar-refractivity contribution is 7.10. The van der Waals surface area contributed by atoms with Gasteiger partial charge in [-0.05, 0) is 53.4 Å². The molecule has 1 heterocycles. The number of rotatable bonds is 9. The van der Waals surface area contributed by atoms with Crippen LogP contribution < -0.4 is 20.7 Å². The van der Waals surface area contributed by atoms with Crippen molar-refractivity contribution < 1.29 is 14.3 Å². The van der Waals surface area contributed by atoms with Gasteiger partial charge in [-0.3, -0.25) is 14.9 Å². The van der Waals surface area contributed by atoms with Crippen molar-refractivity contribution in [3.63, 3.8) is 0 Å². The van der Waals surface area contributed by atoms with E-state index in [0.717, 1.165) is 10.4 Å². The molecule has 172 valence electrons. The number of benzene rings is 3. The van der Waals surface area contributed by atoms with E-state index < -0.39 is 0 Å². The third kappa shape index (κ3) is 5.89. The highest BCUT2D eigenvalue weighted by Gasteiger charge is 2.16. The predicted octanol–water partition coefficient (Wildman–Crippen LogP) is 5.33. The predicted molar refractivity (Wildman–Crippen MR) is 137 cm³/mol. The normalized spacial score (nSPS) is 11.4. The van der Waals surface area contributed by atoms with Crippen LogP contribution in [0.5, 0.6) is 5.75 Å². The number of carbonyl (C=O) groups excluding carboxylic acids is 2. The van der Waals surface area contributed by atoms with E-state index in [4.69, 9.17) is 4.74 Å². The number of para-hydroxylation sites is 2. The molecule has 3 aromatic carbocycles. The van der Waals surface area contributed by atoms with Crippen molar-refractivity contribution in [2.24, 2.45) is 0 Å². The summed E-state index contributed by atoms with van der Waals surface area (Å²) in [6.07, 6.45) is 0. The van der Waals surface area contributed by atoms with Gasteiger partial charge in [0.2, 0.25) is 5.91 Å². The molecule has 4 aromatic rings. The van der Waals surface area contributed by atoms with Crippen LogP contribution in [0, 0.1) is 0 Å². The van der Waals surface area contributed by atoms with Crippen LogP contribution in [-0.4, -0.2) is 25.5 Å². The molecule has 0 saturated carbocycles. The van der Waals surface area contributed by atoms with Gasteiger partial charge in [-0.2, -0.15) is 0 Å². The minimum Gasteiger partial charge on any atom is -0.495 e. The van der Waals surface area contributed by atoms with Crippen molar-refractivity contribution >= 4 is 34.5 Å². The largest absolute Gasteiger partial charge is 0.495 e. The van der Waals surface area contributed by atoms with Gasteiger partial charge in [-0.15, -0.1) is 11.3 Å². The number of thiophene rings is 1. The number of methoxy groups -OCH3 is 1. The summed E-state index contributed by atoms with van der Waals surface area (Å²) in [5.74, 6) is 0.165. The molecule has 0 aliphatic heterocycles. The van der Waals surface area contributed by atoms with Crippen molar-refractivity contribution in [2.45, 2.75) is 6.04 Å². The zero-order valence-corrected chi connectivity index (χ0v) is 19.5. The highest BCUT2D eigenvalue weighted by atomic mass is 32.1. The number of amides is 2. The second kappa shape index (κ2) is 11.3. The first-order valence-corrected chi connectivity index (χ1v) is 11.7. The number of anilines is 2. The van der Waals surface area contributed by atoms with E-state index in [1.54, 1.807) is 54.8 Å². The number of hydrogen-bond donors (Lipinski definition) is 3. The van der Waals surface area contributed by atoms with E-state index in [9.17, 15) is 9.59 Å². The Balaban J connectivity index is 1.35. The Morgan fingerprint density at radius 1 is 0.853 bits per heavy atom. The summed E-state index contributed by atoms with van der Waals surface area (Å²) in [5.41, 5.74) is 2.79. The van der Waals surface area contributed by atoms with Crippen LogP contribution in [-0.2, 0) is 4.79 Å². The summed E-state index contributed by atoms with van der Waals surface area (Å²) in [7, 11) is 1.56.